The number of piperidine rings is 1. The van der Waals surface area contributed by atoms with E-state index in [1.54, 1.807) is 7.11 Å². The Morgan fingerprint density at radius 1 is 1.56 bits per heavy atom. The molecule has 1 aromatic rings. The molecule has 0 aliphatic carbocycles. The summed E-state index contributed by atoms with van der Waals surface area (Å²) in [4.78, 5) is 6.19. The first-order valence-corrected chi connectivity index (χ1v) is 6.01. The van der Waals surface area contributed by atoms with Crippen molar-refractivity contribution in [3.8, 4) is 0 Å². The first-order valence-electron chi connectivity index (χ1n) is 6.01. The maximum absolute atomic E-state index is 10.0. The molecule has 0 aromatic carbocycles. The van der Waals surface area contributed by atoms with E-state index in [9.17, 15) is 5.11 Å². The molecule has 0 radical (unpaired) electrons. The van der Waals surface area contributed by atoms with Crippen molar-refractivity contribution in [2.45, 2.75) is 31.6 Å². The smallest absolute Gasteiger partial charge is 0.252 e. The minimum atomic E-state index is -1.00. The zero-order valence-electron chi connectivity index (χ0n) is 10.5. The van der Waals surface area contributed by atoms with Gasteiger partial charge < -0.3 is 19.5 Å². The number of aromatic nitrogens is 2. The lowest BCUT2D eigenvalue weighted by molar-refractivity contribution is -0.0692. The molecule has 0 unspecified atom stereocenters. The van der Waals surface area contributed by atoms with E-state index in [-0.39, 0.29) is 6.61 Å². The molecule has 2 rings (SSSR count). The van der Waals surface area contributed by atoms with Crippen LogP contribution in [-0.4, -0.2) is 57.7 Å². The average molecular weight is 257 g/mol. The van der Waals surface area contributed by atoms with E-state index in [1.165, 1.54) is 0 Å². The summed E-state index contributed by atoms with van der Waals surface area (Å²) in [6.45, 7) is 1.88. The summed E-state index contributed by atoms with van der Waals surface area (Å²) in [7, 11) is 1.57. The second-order valence-electron chi connectivity index (χ2n) is 4.73. The molecule has 7 heteroatoms. The molecular weight excluding hydrogens is 238 g/mol. The van der Waals surface area contributed by atoms with Gasteiger partial charge in [-0.1, -0.05) is 5.16 Å². The lowest BCUT2D eigenvalue weighted by Gasteiger charge is -2.37. The topological polar surface area (TPSA) is 91.9 Å². The summed E-state index contributed by atoms with van der Waals surface area (Å²) in [6.07, 6.45) is 1.47. The third-order valence-corrected chi connectivity index (χ3v) is 3.07. The number of nitrogens with zero attached hydrogens (tertiary/aromatic N) is 3. The fourth-order valence-corrected chi connectivity index (χ4v) is 2.21. The quantitative estimate of drug-likeness (QED) is 0.737. The Hall–Kier alpha value is -1.02. The van der Waals surface area contributed by atoms with Gasteiger partial charge in [0.2, 0.25) is 0 Å². The Morgan fingerprint density at radius 3 is 3.11 bits per heavy atom. The van der Waals surface area contributed by atoms with Crippen molar-refractivity contribution in [2.75, 3.05) is 26.8 Å². The van der Waals surface area contributed by atoms with E-state index in [4.69, 9.17) is 14.4 Å². The molecule has 2 heterocycles. The predicted octanol–water partition coefficient (Wildman–Crippen LogP) is -0.465. The van der Waals surface area contributed by atoms with Gasteiger partial charge in [-0.3, -0.25) is 4.90 Å². The highest BCUT2D eigenvalue weighted by atomic mass is 16.5. The number of hydrogen-bond acceptors (Lipinski definition) is 7. The van der Waals surface area contributed by atoms with Gasteiger partial charge in [0.15, 0.2) is 5.82 Å². The van der Waals surface area contributed by atoms with Crippen LogP contribution in [0.3, 0.4) is 0 Å². The number of rotatable bonds is 5. The molecule has 7 nitrogen and oxygen atoms in total. The fourth-order valence-electron chi connectivity index (χ4n) is 2.21. The molecular formula is C11H19N3O4. The average Bonchev–Trinajstić information content (AvgIpc) is 2.77. The van der Waals surface area contributed by atoms with Crippen LogP contribution >= 0.6 is 0 Å². The highest BCUT2D eigenvalue weighted by Gasteiger charge is 2.32. The lowest BCUT2D eigenvalue weighted by atomic mass is 9.94. The Balaban J connectivity index is 1.92. The SMILES string of the molecule is COCc1nc(CN2CCC[C@](O)(CO)C2)no1. The predicted molar refractivity (Wildman–Crippen MR) is 61.6 cm³/mol. The van der Waals surface area contributed by atoms with E-state index in [2.05, 4.69) is 10.1 Å². The van der Waals surface area contributed by atoms with Gasteiger partial charge >= 0.3 is 0 Å². The third kappa shape index (κ3) is 3.26. The zero-order chi connectivity index (χ0) is 13.0. The Morgan fingerprint density at radius 2 is 2.39 bits per heavy atom. The summed E-state index contributed by atoms with van der Waals surface area (Å²) in [6, 6.07) is 0. The summed E-state index contributed by atoms with van der Waals surface area (Å²) >= 11 is 0. The fraction of sp³-hybridized carbons (Fsp3) is 0.818. The minimum Gasteiger partial charge on any atom is -0.393 e. The summed E-state index contributed by atoms with van der Waals surface area (Å²) in [5.74, 6) is 1.02. The first-order chi connectivity index (χ1) is 8.65. The number of ether oxygens (including phenoxy) is 1. The number of hydrogen-bond donors (Lipinski definition) is 2. The van der Waals surface area contributed by atoms with Crippen LogP contribution in [0.4, 0.5) is 0 Å². The van der Waals surface area contributed by atoms with E-state index < -0.39 is 5.60 Å². The van der Waals surface area contributed by atoms with Gasteiger partial charge in [0.1, 0.15) is 12.2 Å². The van der Waals surface area contributed by atoms with E-state index >= 15 is 0 Å². The molecule has 1 aromatic heterocycles. The normalized spacial score (nSPS) is 25.5. The van der Waals surface area contributed by atoms with Crippen molar-refractivity contribution >= 4 is 0 Å². The third-order valence-electron chi connectivity index (χ3n) is 3.07. The summed E-state index contributed by atoms with van der Waals surface area (Å²) < 4.78 is 9.90. The number of likely N-dealkylation sites (tertiary alicyclic amines) is 1. The molecule has 0 saturated carbocycles. The summed E-state index contributed by atoms with van der Waals surface area (Å²) in [5, 5.41) is 23.1. The van der Waals surface area contributed by atoms with Crippen LogP contribution < -0.4 is 0 Å². The van der Waals surface area contributed by atoms with Crippen molar-refractivity contribution in [1.82, 2.24) is 15.0 Å². The summed E-state index contributed by atoms with van der Waals surface area (Å²) in [5.41, 5.74) is -1.00. The molecule has 1 aliphatic heterocycles. The largest absolute Gasteiger partial charge is 0.393 e. The van der Waals surface area contributed by atoms with E-state index in [0.717, 1.165) is 13.0 Å². The molecule has 1 aliphatic rings. The molecule has 0 bridgehead atoms. The molecule has 1 saturated heterocycles. The van der Waals surface area contributed by atoms with Crippen LogP contribution in [0, 0.1) is 0 Å². The van der Waals surface area contributed by atoms with Crippen LogP contribution in [-0.2, 0) is 17.9 Å². The van der Waals surface area contributed by atoms with E-state index in [1.807, 2.05) is 4.90 Å². The van der Waals surface area contributed by atoms with Crippen LogP contribution in [0.2, 0.25) is 0 Å². The lowest BCUT2D eigenvalue weighted by Crippen LogP contribution is -2.50. The molecule has 1 atom stereocenters. The molecule has 2 N–H and O–H groups in total. The van der Waals surface area contributed by atoms with Gasteiger partial charge in [-0.2, -0.15) is 4.98 Å². The van der Waals surface area contributed by atoms with Crippen molar-refractivity contribution in [2.24, 2.45) is 0 Å². The standard InChI is InChI=1S/C11H19N3O4/c1-17-6-10-12-9(13-18-10)5-14-4-2-3-11(16,7-14)8-15/h15-16H,2-8H2,1H3/t11-/m1/s1. The monoisotopic (exact) mass is 257 g/mol. The van der Waals surface area contributed by atoms with Gasteiger partial charge in [-0.15, -0.1) is 0 Å². The number of β-amino-alcohol motifs (C(OH)–C–C–N with tert-alkyl or cyclic N) is 1. The molecule has 0 amide bonds. The Kier molecular flexibility index (Phi) is 4.28. The van der Waals surface area contributed by atoms with Crippen LogP contribution in [0.25, 0.3) is 0 Å². The number of methoxy groups -OCH3 is 1. The van der Waals surface area contributed by atoms with Crippen molar-refractivity contribution in [3.05, 3.63) is 11.7 Å². The highest BCUT2D eigenvalue weighted by Crippen LogP contribution is 2.21. The highest BCUT2D eigenvalue weighted by molar-refractivity contribution is 4.91. The molecule has 0 spiro atoms. The van der Waals surface area contributed by atoms with Crippen LogP contribution in [0.1, 0.15) is 24.6 Å². The number of aliphatic hydroxyl groups excluding tert-OH is 1. The molecule has 1 fully saturated rings. The van der Waals surface area contributed by atoms with Crippen LogP contribution in [0.15, 0.2) is 4.52 Å². The van der Waals surface area contributed by atoms with Gasteiger partial charge in [-0.05, 0) is 19.4 Å². The van der Waals surface area contributed by atoms with Gasteiger partial charge in [0, 0.05) is 13.7 Å². The van der Waals surface area contributed by atoms with Crippen molar-refractivity contribution in [1.29, 1.82) is 0 Å². The van der Waals surface area contributed by atoms with Crippen molar-refractivity contribution in [3.63, 3.8) is 0 Å². The minimum absolute atomic E-state index is 0.218. The Labute approximate surface area is 105 Å². The first kappa shape index (κ1) is 13.4. The van der Waals surface area contributed by atoms with Crippen LogP contribution in [0.5, 0.6) is 0 Å². The number of aliphatic hydroxyl groups is 2. The van der Waals surface area contributed by atoms with Gasteiger partial charge in [0.25, 0.3) is 5.89 Å². The Bertz CT molecular complexity index is 384. The van der Waals surface area contributed by atoms with E-state index in [0.29, 0.717) is 37.8 Å². The zero-order valence-corrected chi connectivity index (χ0v) is 10.5. The molecule has 102 valence electrons. The second kappa shape index (κ2) is 5.75. The maximum Gasteiger partial charge on any atom is 0.252 e. The van der Waals surface area contributed by atoms with Crippen molar-refractivity contribution < 1.29 is 19.5 Å². The van der Waals surface area contributed by atoms with Gasteiger partial charge in [-0.25, -0.2) is 0 Å². The van der Waals surface area contributed by atoms with Gasteiger partial charge in [0.05, 0.1) is 13.2 Å². The second-order valence-corrected chi connectivity index (χ2v) is 4.73. The maximum atomic E-state index is 10.0. The molecule has 18 heavy (non-hydrogen) atoms.